The lowest BCUT2D eigenvalue weighted by atomic mass is 10.3. The molecule has 0 fully saturated rings. The van der Waals surface area contributed by atoms with Gasteiger partial charge in [-0.25, -0.2) is 14.4 Å². The minimum absolute atomic E-state index is 0.305. The van der Waals surface area contributed by atoms with Crippen LogP contribution in [0, 0.1) is 5.82 Å². The van der Waals surface area contributed by atoms with Crippen molar-refractivity contribution in [2.24, 2.45) is 0 Å². The maximum atomic E-state index is 13.0. The molecule has 0 amide bonds. The summed E-state index contributed by atoms with van der Waals surface area (Å²) >= 11 is 0. The Morgan fingerprint density at radius 2 is 1.89 bits per heavy atom. The van der Waals surface area contributed by atoms with E-state index in [0.717, 1.165) is 6.20 Å². The second-order valence-electron chi connectivity index (χ2n) is 5.77. The highest BCUT2D eigenvalue weighted by molar-refractivity contribution is 7.84. The van der Waals surface area contributed by atoms with Crippen molar-refractivity contribution >= 4 is 33.3 Å². The third-order valence-corrected chi connectivity index (χ3v) is 4.94. The number of halogens is 1. The Morgan fingerprint density at radius 1 is 1.11 bits per heavy atom. The Labute approximate surface area is 155 Å². The number of H-pyrrole nitrogens is 1. The van der Waals surface area contributed by atoms with Crippen LogP contribution in [0.2, 0.25) is 0 Å². The van der Waals surface area contributed by atoms with Crippen molar-refractivity contribution in [3.8, 4) is 5.69 Å². The number of pyridine rings is 2. The molecule has 1 atom stereocenters. The number of hydrogen-bond donors (Lipinski definition) is 2. The van der Waals surface area contributed by atoms with E-state index in [2.05, 4.69) is 20.4 Å². The zero-order valence-corrected chi connectivity index (χ0v) is 15.0. The average molecular weight is 383 g/mol. The summed E-state index contributed by atoms with van der Waals surface area (Å²) in [5.41, 5.74) is 0.876. The molecule has 4 rings (SSSR count). The Bertz CT molecular complexity index is 1220. The molecule has 3 aromatic heterocycles. The number of para-hydroxylation sites is 1. The average Bonchev–Trinajstić information content (AvgIpc) is 2.99. The highest BCUT2D eigenvalue weighted by Crippen LogP contribution is 2.23. The van der Waals surface area contributed by atoms with Gasteiger partial charge >= 0.3 is 0 Å². The third-order valence-electron chi connectivity index (χ3n) is 3.98. The van der Waals surface area contributed by atoms with E-state index in [-0.39, 0.29) is 5.56 Å². The fourth-order valence-corrected chi connectivity index (χ4v) is 3.48. The predicted octanol–water partition coefficient (Wildman–Crippen LogP) is 2.73. The Hall–Kier alpha value is -3.33. The van der Waals surface area contributed by atoms with Crippen molar-refractivity contribution in [2.75, 3.05) is 11.6 Å². The van der Waals surface area contributed by atoms with E-state index in [4.69, 9.17) is 0 Å². The van der Waals surface area contributed by atoms with E-state index in [1.54, 1.807) is 41.3 Å². The van der Waals surface area contributed by atoms with Gasteiger partial charge in [-0.2, -0.15) is 0 Å². The van der Waals surface area contributed by atoms with Gasteiger partial charge in [0, 0.05) is 18.5 Å². The second-order valence-corrected chi connectivity index (χ2v) is 7.12. The third kappa shape index (κ3) is 3.24. The molecule has 7 nitrogen and oxygen atoms in total. The number of fused-ring (bicyclic) bond motifs is 1. The molecule has 2 N–H and O–H groups in total. The fraction of sp³-hybridized carbons (Fsp3) is 0.0556. The van der Waals surface area contributed by atoms with E-state index < -0.39 is 16.6 Å². The highest BCUT2D eigenvalue weighted by Gasteiger charge is 2.14. The van der Waals surface area contributed by atoms with Crippen LogP contribution < -0.4 is 10.9 Å². The van der Waals surface area contributed by atoms with Crippen LogP contribution in [-0.2, 0) is 10.8 Å². The lowest BCUT2D eigenvalue weighted by Crippen LogP contribution is -2.06. The molecule has 0 aliphatic carbocycles. The van der Waals surface area contributed by atoms with Crippen molar-refractivity contribution in [3.63, 3.8) is 0 Å². The molecule has 0 saturated carbocycles. The molecular formula is C18H14FN5O2S. The van der Waals surface area contributed by atoms with Gasteiger partial charge in [0.2, 0.25) is 0 Å². The fourth-order valence-electron chi connectivity index (χ4n) is 2.75. The van der Waals surface area contributed by atoms with E-state index >= 15 is 0 Å². The molecule has 136 valence electrons. The molecule has 1 aromatic carbocycles. The van der Waals surface area contributed by atoms with Gasteiger partial charge in [0.05, 0.1) is 38.5 Å². The van der Waals surface area contributed by atoms with Crippen LogP contribution in [0.3, 0.4) is 0 Å². The maximum Gasteiger partial charge on any atom is 0.273 e. The number of nitrogens with one attached hydrogen (secondary N) is 2. The van der Waals surface area contributed by atoms with Crippen LogP contribution in [0.15, 0.2) is 64.5 Å². The van der Waals surface area contributed by atoms with Crippen molar-refractivity contribution in [1.29, 1.82) is 0 Å². The van der Waals surface area contributed by atoms with E-state index in [9.17, 15) is 13.4 Å². The normalized spacial score (nSPS) is 12.2. The van der Waals surface area contributed by atoms with Crippen LogP contribution >= 0.6 is 0 Å². The summed E-state index contributed by atoms with van der Waals surface area (Å²) in [5, 5.41) is 6.12. The van der Waals surface area contributed by atoms with Crippen LogP contribution in [0.5, 0.6) is 0 Å². The number of hydrogen-bond acceptors (Lipinski definition) is 5. The molecule has 1 unspecified atom stereocenters. The van der Waals surface area contributed by atoms with Gasteiger partial charge in [0.1, 0.15) is 17.5 Å². The Kier molecular flexibility index (Phi) is 4.28. The molecule has 0 aliphatic rings. The molecular weight excluding hydrogens is 369 g/mol. The monoisotopic (exact) mass is 383 g/mol. The minimum Gasteiger partial charge on any atom is -0.325 e. The first-order valence-corrected chi connectivity index (χ1v) is 9.51. The number of rotatable bonds is 4. The molecule has 4 aromatic rings. The van der Waals surface area contributed by atoms with Crippen molar-refractivity contribution < 1.29 is 8.60 Å². The lowest BCUT2D eigenvalue weighted by Gasteiger charge is -2.10. The molecule has 0 radical (unpaired) electrons. The van der Waals surface area contributed by atoms with Gasteiger partial charge < -0.3 is 5.32 Å². The van der Waals surface area contributed by atoms with Crippen LogP contribution in [0.1, 0.15) is 0 Å². The quantitative estimate of drug-likeness (QED) is 0.565. The topological polar surface area (TPSA) is 92.7 Å². The summed E-state index contributed by atoms with van der Waals surface area (Å²) in [4.78, 5) is 21.0. The van der Waals surface area contributed by atoms with Gasteiger partial charge in [0.15, 0.2) is 0 Å². The molecule has 3 heterocycles. The summed E-state index contributed by atoms with van der Waals surface area (Å²) in [5.74, 6) is 0.416. The maximum absolute atomic E-state index is 13.0. The van der Waals surface area contributed by atoms with Crippen LogP contribution in [-0.4, -0.2) is 30.2 Å². The summed E-state index contributed by atoms with van der Waals surface area (Å²) in [6, 6.07) is 11.6. The zero-order chi connectivity index (χ0) is 19.0. The molecule has 0 saturated heterocycles. The van der Waals surface area contributed by atoms with Gasteiger partial charge in [-0.3, -0.25) is 18.8 Å². The second kappa shape index (κ2) is 6.76. The van der Waals surface area contributed by atoms with E-state index in [1.807, 2.05) is 0 Å². The number of aromatic amines is 1. The number of aromatic nitrogens is 4. The van der Waals surface area contributed by atoms with Crippen LogP contribution in [0.4, 0.5) is 16.0 Å². The van der Waals surface area contributed by atoms with E-state index in [1.165, 1.54) is 18.3 Å². The highest BCUT2D eigenvalue weighted by atomic mass is 32.2. The summed E-state index contributed by atoms with van der Waals surface area (Å²) in [6.07, 6.45) is 4.12. The summed E-state index contributed by atoms with van der Waals surface area (Å²) in [7, 11) is -1.23. The molecule has 27 heavy (non-hydrogen) atoms. The molecule has 0 aliphatic heterocycles. The molecule has 0 spiro atoms. The standard InChI is InChI=1S/C18H14FN5O2S/c1-27(26)15-5-3-2-4-13(15)24-14-8-17(21-10-12(14)18(25)23-24)22-16-7-6-11(19)9-20-16/h2-10H,1H3,(H,23,25)(H,20,21,22). The van der Waals surface area contributed by atoms with E-state index in [0.29, 0.717) is 33.1 Å². The Balaban J connectivity index is 1.84. The first-order chi connectivity index (χ1) is 13.0. The summed E-state index contributed by atoms with van der Waals surface area (Å²) in [6.45, 7) is 0. The first kappa shape index (κ1) is 17.1. The van der Waals surface area contributed by atoms with Gasteiger partial charge in [0.25, 0.3) is 5.56 Å². The van der Waals surface area contributed by atoms with Crippen molar-refractivity contribution in [2.45, 2.75) is 4.90 Å². The van der Waals surface area contributed by atoms with Gasteiger partial charge in [-0.1, -0.05) is 12.1 Å². The largest absolute Gasteiger partial charge is 0.325 e. The van der Waals surface area contributed by atoms with Gasteiger partial charge in [-0.15, -0.1) is 0 Å². The number of anilines is 2. The van der Waals surface area contributed by atoms with Crippen LogP contribution in [0.25, 0.3) is 16.6 Å². The lowest BCUT2D eigenvalue weighted by molar-refractivity contribution is 0.622. The number of nitrogens with zero attached hydrogens (tertiary/aromatic N) is 3. The zero-order valence-electron chi connectivity index (χ0n) is 14.1. The Morgan fingerprint density at radius 3 is 2.63 bits per heavy atom. The van der Waals surface area contributed by atoms with Gasteiger partial charge in [-0.05, 0) is 24.3 Å². The van der Waals surface area contributed by atoms with Crippen molar-refractivity contribution in [3.05, 3.63) is 71.0 Å². The molecule has 0 bridgehead atoms. The minimum atomic E-state index is -1.23. The van der Waals surface area contributed by atoms with Crippen molar-refractivity contribution in [1.82, 2.24) is 19.7 Å². The predicted molar refractivity (Wildman–Crippen MR) is 102 cm³/mol. The smallest absolute Gasteiger partial charge is 0.273 e. The molecule has 9 heteroatoms. The number of benzene rings is 1. The first-order valence-electron chi connectivity index (χ1n) is 7.95. The summed E-state index contributed by atoms with van der Waals surface area (Å²) < 4.78 is 26.7. The SMILES string of the molecule is CS(=O)c1ccccc1-n1[nH]c(=O)c2cnc(Nc3ccc(F)cn3)cc21.